The monoisotopic (exact) mass is 250 g/mol. The molecule has 0 N–H and O–H groups in total. The van der Waals surface area contributed by atoms with Gasteiger partial charge in [-0.15, -0.1) is 33.8 Å². The molecule has 6 nitrogen and oxygen atoms in total. The first-order valence-corrected chi connectivity index (χ1v) is 5.46. The van der Waals surface area contributed by atoms with Gasteiger partial charge in [0.1, 0.15) is 19.8 Å². The second-order valence-corrected chi connectivity index (χ2v) is 3.06. The molecule has 0 fully saturated rings. The molecule has 0 unspecified atom stereocenters. The Bertz CT molecular complexity index is 165. The Morgan fingerprint density at radius 3 is 1.25 bits per heavy atom. The summed E-state index contributed by atoms with van der Waals surface area (Å²) in [5, 5.41) is 0. The Kier molecular flexibility index (Phi) is 12.0. The summed E-state index contributed by atoms with van der Waals surface area (Å²) in [6.45, 7) is 10.9. The van der Waals surface area contributed by atoms with Crippen LogP contribution in [0.3, 0.4) is 0 Å². The Morgan fingerprint density at radius 2 is 1.00 bits per heavy atom. The van der Waals surface area contributed by atoms with Crippen molar-refractivity contribution in [2.75, 3.05) is 19.8 Å². The van der Waals surface area contributed by atoms with Crippen LogP contribution in [0, 0.1) is 0 Å². The molecule has 0 rings (SSSR count). The van der Waals surface area contributed by atoms with Crippen LogP contribution < -0.4 is 0 Å². The van der Waals surface area contributed by atoms with Crippen LogP contribution >= 0.6 is 8.60 Å². The van der Waals surface area contributed by atoms with Crippen molar-refractivity contribution in [3.8, 4) is 0 Å². The molecule has 0 aliphatic rings. The average Bonchev–Trinajstić information content (AvgIpc) is 2.29. The highest BCUT2D eigenvalue weighted by Gasteiger charge is 2.16. The van der Waals surface area contributed by atoms with Crippen molar-refractivity contribution >= 4 is 8.60 Å². The molecule has 0 radical (unpaired) electrons. The molecule has 0 atom stereocenters. The topological polar surface area (TPSA) is 55.4 Å². The minimum Gasteiger partial charge on any atom is -0.224 e. The molecular weight excluding hydrogens is 235 g/mol. The van der Waals surface area contributed by atoms with Crippen LogP contribution in [0.15, 0.2) is 38.0 Å². The number of rotatable bonds is 12. The van der Waals surface area contributed by atoms with Gasteiger partial charge in [-0.1, -0.05) is 18.2 Å². The molecule has 16 heavy (non-hydrogen) atoms. The van der Waals surface area contributed by atoms with Crippen LogP contribution in [-0.4, -0.2) is 19.8 Å². The van der Waals surface area contributed by atoms with Gasteiger partial charge in [0.15, 0.2) is 0 Å². The summed E-state index contributed by atoms with van der Waals surface area (Å²) in [6.07, 6.45) is 4.51. The summed E-state index contributed by atoms with van der Waals surface area (Å²) in [6, 6.07) is 0. The van der Waals surface area contributed by atoms with Gasteiger partial charge in [-0.25, -0.2) is 14.7 Å². The molecule has 0 saturated carbocycles. The van der Waals surface area contributed by atoms with Gasteiger partial charge in [-0.2, -0.15) is 0 Å². The first kappa shape index (κ1) is 15.4. The maximum Gasteiger partial charge on any atom is 0.421 e. The van der Waals surface area contributed by atoms with E-state index in [-0.39, 0.29) is 19.8 Å². The van der Waals surface area contributed by atoms with E-state index in [0.29, 0.717) is 0 Å². The second kappa shape index (κ2) is 12.5. The molecule has 92 valence electrons. The van der Waals surface area contributed by atoms with Crippen molar-refractivity contribution in [3.05, 3.63) is 38.0 Å². The van der Waals surface area contributed by atoms with E-state index >= 15 is 0 Å². The van der Waals surface area contributed by atoms with Crippen molar-refractivity contribution in [1.29, 1.82) is 0 Å². The average molecular weight is 250 g/mol. The molecule has 0 spiro atoms. The molecule has 7 heteroatoms. The largest absolute Gasteiger partial charge is 0.421 e. The highest BCUT2D eigenvalue weighted by atomic mass is 31.2. The van der Waals surface area contributed by atoms with E-state index in [4.69, 9.17) is 14.0 Å². The van der Waals surface area contributed by atoms with Crippen molar-refractivity contribution in [2.45, 2.75) is 0 Å². The highest BCUT2D eigenvalue weighted by Crippen LogP contribution is 2.40. The first-order valence-electron chi connectivity index (χ1n) is 4.36. The van der Waals surface area contributed by atoms with E-state index in [0.717, 1.165) is 0 Å². The Labute approximate surface area is 95.8 Å². The van der Waals surface area contributed by atoms with E-state index in [1.165, 1.54) is 18.2 Å². The molecule has 0 aliphatic heterocycles. The standard InChI is InChI=1S/C9H15O6P/c1-4-7-10-13-16(14-11-8-5-2)15-12-9-6-3/h4-6H,1-3,7-9H2. The van der Waals surface area contributed by atoms with E-state index in [2.05, 4.69) is 34.4 Å². The normalized spacial score (nSPS) is 10.3. The van der Waals surface area contributed by atoms with Crippen LogP contribution in [0.5, 0.6) is 0 Å². The minimum absolute atomic E-state index is 0.189. The zero-order valence-electron chi connectivity index (χ0n) is 8.87. The lowest BCUT2D eigenvalue weighted by Gasteiger charge is -2.11. The molecular formula is C9H15O6P. The molecule has 0 saturated heterocycles. The Hall–Kier alpha value is -0.590. The van der Waals surface area contributed by atoms with Crippen molar-refractivity contribution in [3.63, 3.8) is 0 Å². The number of hydrogen-bond donors (Lipinski definition) is 0. The molecule has 0 aromatic rings. The fraction of sp³-hybridized carbons (Fsp3) is 0.333. The zero-order valence-corrected chi connectivity index (χ0v) is 9.77. The van der Waals surface area contributed by atoms with Crippen LogP contribution in [0.2, 0.25) is 0 Å². The summed E-state index contributed by atoms with van der Waals surface area (Å²) in [7, 11) is -1.91. The zero-order chi connectivity index (χ0) is 12.1. The molecule has 0 aromatic heterocycles. The maximum absolute atomic E-state index is 4.71. The third-order valence-corrected chi connectivity index (χ3v) is 1.58. The summed E-state index contributed by atoms with van der Waals surface area (Å²) < 4.78 is 14.1. The second-order valence-electron chi connectivity index (χ2n) is 2.17. The molecule has 0 aromatic carbocycles. The third-order valence-electron chi connectivity index (χ3n) is 0.898. The first-order chi connectivity index (χ1) is 7.85. The van der Waals surface area contributed by atoms with E-state index in [1.54, 1.807) is 0 Å². The lowest BCUT2D eigenvalue weighted by atomic mass is 10.7. The fourth-order valence-electron chi connectivity index (χ4n) is 0.402. The van der Waals surface area contributed by atoms with E-state index in [1.807, 2.05) is 0 Å². The van der Waals surface area contributed by atoms with Crippen LogP contribution in [0.4, 0.5) is 0 Å². The molecule has 0 amide bonds. The summed E-state index contributed by atoms with van der Waals surface area (Å²) in [5.41, 5.74) is 0. The van der Waals surface area contributed by atoms with Crippen LogP contribution in [0.1, 0.15) is 0 Å². The van der Waals surface area contributed by atoms with E-state index < -0.39 is 8.60 Å². The summed E-state index contributed by atoms with van der Waals surface area (Å²) in [4.78, 5) is 14.0. The lowest BCUT2D eigenvalue weighted by molar-refractivity contribution is -0.302. The molecule has 0 aliphatic carbocycles. The van der Waals surface area contributed by atoms with Gasteiger partial charge in [0.2, 0.25) is 0 Å². The fourth-order valence-corrected chi connectivity index (χ4v) is 0.917. The number of hydrogen-bond acceptors (Lipinski definition) is 6. The maximum atomic E-state index is 4.71. The van der Waals surface area contributed by atoms with Crippen molar-refractivity contribution < 1.29 is 28.7 Å². The van der Waals surface area contributed by atoms with E-state index in [9.17, 15) is 0 Å². The van der Waals surface area contributed by atoms with Gasteiger partial charge in [-0.05, 0) is 0 Å². The van der Waals surface area contributed by atoms with Gasteiger partial charge in [-0.3, -0.25) is 0 Å². The van der Waals surface area contributed by atoms with Gasteiger partial charge in [0, 0.05) is 0 Å². The predicted octanol–water partition coefficient (Wildman–Crippen LogP) is 2.62. The molecule has 0 bridgehead atoms. The molecule has 0 heterocycles. The SMILES string of the molecule is C=CCOOP(OOCC=C)OOCC=C. The lowest BCUT2D eigenvalue weighted by Crippen LogP contribution is -1.99. The van der Waals surface area contributed by atoms with Gasteiger partial charge < -0.3 is 0 Å². The van der Waals surface area contributed by atoms with Crippen LogP contribution in [0.25, 0.3) is 0 Å². The summed E-state index contributed by atoms with van der Waals surface area (Å²) >= 11 is 0. The highest BCUT2D eigenvalue weighted by molar-refractivity contribution is 7.41. The van der Waals surface area contributed by atoms with Crippen molar-refractivity contribution in [1.82, 2.24) is 0 Å². The van der Waals surface area contributed by atoms with Gasteiger partial charge in [0.05, 0.1) is 0 Å². The van der Waals surface area contributed by atoms with Crippen LogP contribution in [-0.2, 0) is 28.7 Å². The minimum atomic E-state index is -1.91. The Balaban J connectivity index is 3.69. The van der Waals surface area contributed by atoms with Crippen molar-refractivity contribution in [2.24, 2.45) is 0 Å². The Morgan fingerprint density at radius 1 is 0.688 bits per heavy atom. The smallest absolute Gasteiger partial charge is 0.224 e. The summed E-state index contributed by atoms with van der Waals surface area (Å²) in [5.74, 6) is 0. The van der Waals surface area contributed by atoms with Gasteiger partial charge in [0.25, 0.3) is 0 Å². The van der Waals surface area contributed by atoms with Gasteiger partial charge >= 0.3 is 8.60 Å². The third kappa shape index (κ3) is 9.95. The quantitative estimate of drug-likeness (QED) is 0.174. The predicted molar refractivity (Wildman–Crippen MR) is 58.6 cm³/mol.